The molecule has 1 aromatic heterocycles. The summed E-state index contributed by atoms with van der Waals surface area (Å²) in [5, 5.41) is 4.13. The Kier molecular flexibility index (Phi) is 1.79. The van der Waals surface area contributed by atoms with E-state index in [0.29, 0.717) is 0 Å². The lowest BCUT2D eigenvalue weighted by atomic mass is 10.1. The minimum absolute atomic E-state index is 1.24. The second-order valence-electron chi connectivity index (χ2n) is 2.77. The Labute approximate surface area is 61.9 Å². The number of rotatable bonds is 1. The monoisotopic (exact) mass is 137 g/mol. The van der Waals surface area contributed by atoms with Crippen LogP contribution in [-0.4, -0.2) is 9.78 Å². The molecule has 0 atom stereocenters. The molecule has 0 aromatic carbocycles. The Hall–Kier alpha value is -0.790. The molecular formula is C8H13N2. The molecular weight excluding hydrogens is 124 g/mol. The highest BCUT2D eigenvalue weighted by molar-refractivity contribution is 5.29. The molecule has 1 aromatic rings. The van der Waals surface area contributed by atoms with E-state index < -0.39 is 0 Å². The van der Waals surface area contributed by atoms with Gasteiger partial charge in [-0.25, -0.2) is 0 Å². The lowest BCUT2D eigenvalue weighted by molar-refractivity contribution is 0.738. The van der Waals surface area contributed by atoms with E-state index in [0.717, 1.165) is 0 Å². The Morgan fingerprint density at radius 1 is 1.50 bits per heavy atom. The van der Waals surface area contributed by atoms with Crippen LogP contribution < -0.4 is 0 Å². The molecule has 55 valence electrons. The van der Waals surface area contributed by atoms with E-state index in [-0.39, 0.29) is 0 Å². The van der Waals surface area contributed by atoms with E-state index in [1.54, 1.807) is 0 Å². The van der Waals surface area contributed by atoms with E-state index >= 15 is 0 Å². The van der Waals surface area contributed by atoms with Gasteiger partial charge in [0.1, 0.15) is 0 Å². The van der Waals surface area contributed by atoms with Crippen molar-refractivity contribution in [3.63, 3.8) is 0 Å². The fraction of sp³-hybridized carbons (Fsp3) is 0.500. The van der Waals surface area contributed by atoms with Crippen LogP contribution in [0.25, 0.3) is 0 Å². The molecule has 0 aliphatic rings. The van der Waals surface area contributed by atoms with Crippen LogP contribution in [0.15, 0.2) is 6.20 Å². The Balaban J connectivity index is 3.05. The first-order valence-electron chi connectivity index (χ1n) is 3.42. The predicted octanol–water partition coefficient (Wildman–Crippen LogP) is 1.69. The first-order valence-corrected chi connectivity index (χ1v) is 3.42. The summed E-state index contributed by atoms with van der Waals surface area (Å²) in [6, 6.07) is 0. The molecule has 10 heavy (non-hydrogen) atoms. The summed E-state index contributed by atoms with van der Waals surface area (Å²) in [7, 11) is 1.96. The van der Waals surface area contributed by atoms with Gasteiger partial charge in [0, 0.05) is 18.7 Å². The maximum absolute atomic E-state index is 4.13. The zero-order valence-corrected chi connectivity index (χ0v) is 6.97. The van der Waals surface area contributed by atoms with Crippen molar-refractivity contribution in [2.45, 2.75) is 20.8 Å². The van der Waals surface area contributed by atoms with Crippen LogP contribution in [0.4, 0.5) is 0 Å². The van der Waals surface area contributed by atoms with Gasteiger partial charge >= 0.3 is 0 Å². The molecule has 1 rings (SSSR count). The SMILES string of the molecule is C[C](C)c1cnn(C)c1C. The maximum Gasteiger partial charge on any atom is 0.0530 e. The number of aryl methyl sites for hydroxylation is 1. The van der Waals surface area contributed by atoms with Crippen molar-refractivity contribution in [3.05, 3.63) is 23.4 Å². The highest BCUT2D eigenvalue weighted by atomic mass is 15.3. The van der Waals surface area contributed by atoms with Crippen molar-refractivity contribution < 1.29 is 0 Å². The van der Waals surface area contributed by atoms with Crippen LogP contribution in [-0.2, 0) is 7.05 Å². The molecule has 0 aliphatic heterocycles. The third kappa shape index (κ3) is 1.06. The molecule has 0 unspecified atom stereocenters. The van der Waals surface area contributed by atoms with Gasteiger partial charge in [0.2, 0.25) is 0 Å². The van der Waals surface area contributed by atoms with Crippen molar-refractivity contribution in [2.24, 2.45) is 7.05 Å². The Morgan fingerprint density at radius 2 is 2.10 bits per heavy atom. The van der Waals surface area contributed by atoms with Gasteiger partial charge in [-0.1, -0.05) is 13.8 Å². The number of hydrogen-bond donors (Lipinski definition) is 0. The normalized spacial score (nSPS) is 10.9. The number of hydrogen-bond acceptors (Lipinski definition) is 1. The molecule has 0 spiro atoms. The molecule has 0 fully saturated rings. The molecule has 0 bridgehead atoms. The van der Waals surface area contributed by atoms with Gasteiger partial charge in [0.25, 0.3) is 0 Å². The zero-order valence-electron chi connectivity index (χ0n) is 6.97. The third-order valence-corrected chi connectivity index (χ3v) is 1.77. The summed E-state index contributed by atoms with van der Waals surface area (Å²) in [4.78, 5) is 0. The van der Waals surface area contributed by atoms with Crippen molar-refractivity contribution in [2.75, 3.05) is 0 Å². The molecule has 2 nitrogen and oxygen atoms in total. The molecule has 0 aliphatic carbocycles. The molecule has 1 radical (unpaired) electrons. The van der Waals surface area contributed by atoms with Crippen LogP contribution >= 0.6 is 0 Å². The molecule has 0 saturated heterocycles. The van der Waals surface area contributed by atoms with Crippen LogP contribution in [0.5, 0.6) is 0 Å². The van der Waals surface area contributed by atoms with Crippen LogP contribution in [0.1, 0.15) is 25.1 Å². The van der Waals surface area contributed by atoms with E-state index in [1.807, 2.05) is 17.9 Å². The Bertz CT molecular complexity index is 223. The second kappa shape index (κ2) is 2.45. The molecule has 2 heteroatoms. The predicted molar refractivity (Wildman–Crippen MR) is 41.6 cm³/mol. The van der Waals surface area contributed by atoms with Gasteiger partial charge in [-0.3, -0.25) is 4.68 Å². The van der Waals surface area contributed by atoms with Crippen molar-refractivity contribution in [1.29, 1.82) is 0 Å². The van der Waals surface area contributed by atoms with Crippen molar-refractivity contribution in [1.82, 2.24) is 9.78 Å². The lowest BCUT2D eigenvalue weighted by Gasteiger charge is -2.01. The zero-order chi connectivity index (χ0) is 7.72. The summed E-state index contributed by atoms with van der Waals surface area (Å²) in [6.07, 6.45) is 1.91. The summed E-state index contributed by atoms with van der Waals surface area (Å²) in [6.45, 7) is 6.28. The van der Waals surface area contributed by atoms with Gasteiger partial charge in [0.05, 0.1) is 6.20 Å². The van der Waals surface area contributed by atoms with Gasteiger partial charge in [-0.05, 0) is 12.5 Å². The quantitative estimate of drug-likeness (QED) is 0.576. The van der Waals surface area contributed by atoms with Gasteiger partial charge in [0.15, 0.2) is 0 Å². The summed E-state index contributed by atoms with van der Waals surface area (Å²) < 4.78 is 1.89. The minimum atomic E-state index is 1.24. The average Bonchev–Trinajstić information content (AvgIpc) is 2.14. The number of aromatic nitrogens is 2. The smallest absolute Gasteiger partial charge is 0.0530 e. The van der Waals surface area contributed by atoms with Gasteiger partial charge in [-0.15, -0.1) is 0 Å². The largest absolute Gasteiger partial charge is 0.273 e. The topological polar surface area (TPSA) is 17.8 Å². The minimum Gasteiger partial charge on any atom is -0.273 e. The first kappa shape index (κ1) is 7.32. The summed E-state index contributed by atoms with van der Waals surface area (Å²) in [5.74, 6) is 1.32. The van der Waals surface area contributed by atoms with Crippen molar-refractivity contribution in [3.8, 4) is 0 Å². The lowest BCUT2D eigenvalue weighted by Crippen LogP contribution is -1.95. The van der Waals surface area contributed by atoms with Gasteiger partial charge in [-0.2, -0.15) is 5.10 Å². The van der Waals surface area contributed by atoms with E-state index in [4.69, 9.17) is 0 Å². The van der Waals surface area contributed by atoms with E-state index in [2.05, 4.69) is 25.9 Å². The maximum atomic E-state index is 4.13. The van der Waals surface area contributed by atoms with Crippen molar-refractivity contribution >= 4 is 0 Å². The first-order chi connectivity index (χ1) is 4.63. The average molecular weight is 137 g/mol. The fourth-order valence-corrected chi connectivity index (χ4v) is 0.990. The van der Waals surface area contributed by atoms with Crippen LogP contribution in [0.2, 0.25) is 0 Å². The van der Waals surface area contributed by atoms with Crippen LogP contribution in [0, 0.1) is 12.8 Å². The molecule has 0 N–H and O–H groups in total. The number of nitrogens with zero attached hydrogens (tertiary/aromatic N) is 2. The standard InChI is InChI=1S/C8H13N2/c1-6(2)8-5-9-10(4)7(8)3/h5H,1-4H3. The van der Waals surface area contributed by atoms with Gasteiger partial charge < -0.3 is 0 Å². The summed E-state index contributed by atoms with van der Waals surface area (Å²) >= 11 is 0. The van der Waals surface area contributed by atoms with Crippen LogP contribution in [0.3, 0.4) is 0 Å². The third-order valence-electron chi connectivity index (χ3n) is 1.77. The Morgan fingerprint density at radius 3 is 2.30 bits per heavy atom. The molecule has 0 saturated carbocycles. The highest BCUT2D eigenvalue weighted by Gasteiger charge is 2.06. The summed E-state index contributed by atoms with van der Waals surface area (Å²) in [5.41, 5.74) is 2.50. The van der Waals surface area contributed by atoms with E-state index in [1.165, 1.54) is 17.2 Å². The second-order valence-corrected chi connectivity index (χ2v) is 2.77. The van der Waals surface area contributed by atoms with E-state index in [9.17, 15) is 0 Å². The molecule has 1 heterocycles. The highest BCUT2D eigenvalue weighted by Crippen LogP contribution is 2.15. The molecule has 0 amide bonds. The fourth-order valence-electron chi connectivity index (χ4n) is 0.990.